The Labute approximate surface area is 315 Å². The van der Waals surface area contributed by atoms with Crippen molar-refractivity contribution in [2.24, 2.45) is 0 Å². The van der Waals surface area contributed by atoms with E-state index < -0.39 is 105 Å². The number of carbonyl (C=O) groups is 1. The van der Waals surface area contributed by atoms with E-state index in [0.717, 1.165) is 6.08 Å². The van der Waals surface area contributed by atoms with Crippen LogP contribution in [-0.2, 0) is 44.4 Å². The third-order valence-electron chi connectivity index (χ3n) is 9.40. The quantitative estimate of drug-likeness (QED) is 0.0744. The topological polar surface area (TPSA) is 282 Å². The molecular formula is C36H48O19. The number of ether oxygens (including phenoxy) is 9. The molecule has 55 heavy (non-hydrogen) atoms. The van der Waals surface area contributed by atoms with Crippen molar-refractivity contribution in [2.45, 2.75) is 99.4 Å². The third-order valence-corrected chi connectivity index (χ3v) is 9.40. The van der Waals surface area contributed by atoms with Gasteiger partial charge in [0.05, 0.1) is 40.1 Å². The lowest BCUT2D eigenvalue weighted by molar-refractivity contribution is -0.381. The summed E-state index contributed by atoms with van der Waals surface area (Å²) in [6, 6.07) is 9.03. The Morgan fingerprint density at radius 1 is 0.782 bits per heavy atom. The molecular weight excluding hydrogens is 736 g/mol. The summed E-state index contributed by atoms with van der Waals surface area (Å²) in [5.74, 6) is -0.805. The van der Waals surface area contributed by atoms with Gasteiger partial charge in [-0.05, 0) is 54.8 Å². The van der Waals surface area contributed by atoms with E-state index in [4.69, 9.17) is 42.6 Å². The normalized spacial score (nSPS) is 35.4. The molecule has 3 fully saturated rings. The van der Waals surface area contributed by atoms with Gasteiger partial charge in [0.25, 0.3) is 0 Å². The third kappa shape index (κ3) is 10.0. The number of phenolic OH excluding ortho intramolecular Hbond substituents is 2. The lowest BCUT2D eigenvalue weighted by atomic mass is 9.96. The molecule has 0 amide bonds. The molecule has 0 saturated carbocycles. The molecule has 9 N–H and O–H groups in total. The van der Waals surface area contributed by atoms with Gasteiger partial charge in [0.1, 0.15) is 54.9 Å². The van der Waals surface area contributed by atoms with Crippen LogP contribution in [0.3, 0.4) is 0 Å². The number of aromatic hydroxyl groups is 2. The summed E-state index contributed by atoms with van der Waals surface area (Å²) < 4.78 is 50.6. The molecule has 306 valence electrons. The van der Waals surface area contributed by atoms with Crippen molar-refractivity contribution < 1.29 is 93.4 Å². The Kier molecular flexibility index (Phi) is 14.7. The zero-order valence-corrected chi connectivity index (χ0v) is 30.1. The van der Waals surface area contributed by atoms with Crippen molar-refractivity contribution in [3.8, 4) is 23.0 Å². The van der Waals surface area contributed by atoms with E-state index in [9.17, 15) is 50.8 Å². The predicted molar refractivity (Wildman–Crippen MR) is 183 cm³/mol. The average molecular weight is 785 g/mol. The molecule has 2 aromatic rings. The number of aliphatic hydroxyl groups is 7. The number of aliphatic hydroxyl groups excluding tert-OH is 7. The molecule has 3 heterocycles. The van der Waals surface area contributed by atoms with Gasteiger partial charge in [-0.1, -0.05) is 12.1 Å². The molecule has 0 aromatic heterocycles. The number of phenols is 2. The Bertz CT molecular complexity index is 1590. The van der Waals surface area contributed by atoms with Crippen LogP contribution in [0.5, 0.6) is 23.0 Å². The fraction of sp³-hybridized carbons (Fsp3) is 0.583. The number of carbonyl (C=O) groups excluding carboxylic acids is 1. The number of hydrogen-bond donors (Lipinski definition) is 9. The predicted octanol–water partition coefficient (Wildman–Crippen LogP) is -1.95. The largest absolute Gasteiger partial charge is 0.504 e. The first-order valence-corrected chi connectivity index (χ1v) is 17.4. The second-order valence-corrected chi connectivity index (χ2v) is 13.2. The summed E-state index contributed by atoms with van der Waals surface area (Å²) in [7, 11) is 2.76. The second-order valence-electron chi connectivity index (χ2n) is 13.2. The number of benzene rings is 2. The molecule has 2 aromatic carbocycles. The zero-order valence-electron chi connectivity index (χ0n) is 30.1. The Hall–Kier alpha value is -3.67. The minimum absolute atomic E-state index is 0.0830. The molecule has 0 aliphatic carbocycles. The first-order valence-electron chi connectivity index (χ1n) is 17.4. The Morgan fingerprint density at radius 2 is 1.51 bits per heavy atom. The van der Waals surface area contributed by atoms with Crippen LogP contribution in [0, 0.1) is 0 Å². The molecule has 5 rings (SSSR count). The molecule has 3 saturated heterocycles. The smallest absolute Gasteiger partial charge is 0.331 e. The van der Waals surface area contributed by atoms with Gasteiger partial charge in [-0.3, -0.25) is 0 Å². The number of esters is 1. The number of rotatable bonds is 14. The molecule has 3 aliphatic heterocycles. The number of methoxy groups -OCH3 is 2. The maximum atomic E-state index is 13.2. The van der Waals surface area contributed by atoms with E-state index in [1.165, 1.54) is 51.5 Å². The van der Waals surface area contributed by atoms with E-state index >= 15 is 0 Å². The maximum absolute atomic E-state index is 13.2. The first kappa shape index (κ1) is 42.5. The molecule has 3 aliphatic rings. The van der Waals surface area contributed by atoms with Gasteiger partial charge in [0, 0.05) is 6.08 Å². The fourth-order valence-electron chi connectivity index (χ4n) is 6.26. The highest BCUT2D eigenvalue weighted by Gasteiger charge is 2.54. The van der Waals surface area contributed by atoms with Crippen molar-refractivity contribution in [2.75, 3.05) is 34.0 Å². The van der Waals surface area contributed by atoms with E-state index in [0.29, 0.717) is 11.1 Å². The highest BCUT2D eigenvalue weighted by Crippen LogP contribution is 2.34. The van der Waals surface area contributed by atoms with E-state index in [1.807, 2.05) is 0 Å². The minimum atomic E-state index is -1.81. The Balaban J connectivity index is 1.40. The fourth-order valence-corrected chi connectivity index (χ4v) is 6.26. The van der Waals surface area contributed by atoms with Crippen molar-refractivity contribution >= 4 is 12.0 Å². The average Bonchev–Trinajstić information content (AvgIpc) is 3.17. The van der Waals surface area contributed by atoms with Crippen molar-refractivity contribution in [3.05, 3.63) is 53.6 Å². The zero-order chi connectivity index (χ0) is 40.0. The van der Waals surface area contributed by atoms with Crippen LogP contribution in [0.1, 0.15) is 18.1 Å². The molecule has 14 unspecified atom stereocenters. The molecule has 19 heteroatoms. The monoisotopic (exact) mass is 784 g/mol. The standard InChI is InChI=1S/C36H48O19/c1-16-26(42)28(44)33(55-34-29(45)27(43)21(40)15-50-34)36(51-16)54-32-30(46)35(49-11-10-18-5-8-22(47-2)20(39)12-18)52-24(14-37)31(32)53-25(41)9-6-17-4-7-19(38)23(13-17)48-3/h4-9,12-13,16,21,24,26-40,42-46H,10-11,14-15H2,1-3H3/b9-6+. The van der Waals surface area contributed by atoms with Crippen LogP contribution in [-0.4, -0.2) is 172 Å². The van der Waals surface area contributed by atoms with E-state index in [2.05, 4.69) is 0 Å². The molecule has 19 nitrogen and oxygen atoms in total. The SMILES string of the molecule is COc1ccc(CCOC2OC(CO)C(OC(=O)/C=C/c3ccc(O)c(OC)c3)C(OC3OC(C)C(O)C(O)C3OC3OCC(O)C(O)C3O)C2O)cc1O. The summed E-state index contributed by atoms with van der Waals surface area (Å²) >= 11 is 0. The summed E-state index contributed by atoms with van der Waals surface area (Å²) in [6.07, 6.45) is -19.7. The van der Waals surface area contributed by atoms with Gasteiger partial charge >= 0.3 is 5.97 Å². The van der Waals surface area contributed by atoms with Crippen LogP contribution in [0.4, 0.5) is 0 Å². The van der Waals surface area contributed by atoms with Crippen molar-refractivity contribution in [1.82, 2.24) is 0 Å². The van der Waals surface area contributed by atoms with Crippen molar-refractivity contribution in [1.29, 1.82) is 0 Å². The first-order chi connectivity index (χ1) is 26.3. The summed E-state index contributed by atoms with van der Waals surface area (Å²) in [5, 5.41) is 94.5. The van der Waals surface area contributed by atoms with Crippen LogP contribution in [0.15, 0.2) is 42.5 Å². The van der Waals surface area contributed by atoms with Crippen LogP contribution in [0.2, 0.25) is 0 Å². The van der Waals surface area contributed by atoms with Gasteiger partial charge in [0.15, 0.2) is 48.0 Å². The van der Waals surface area contributed by atoms with E-state index in [1.54, 1.807) is 12.1 Å². The lowest BCUT2D eigenvalue weighted by Gasteiger charge is -2.48. The minimum Gasteiger partial charge on any atom is -0.504 e. The highest BCUT2D eigenvalue weighted by molar-refractivity contribution is 5.87. The summed E-state index contributed by atoms with van der Waals surface area (Å²) in [5.41, 5.74) is 1.08. The second kappa shape index (κ2) is 19.0. The van der Waals surface area contributed by atoms with Gasteiger partial charge in [-0.2, -0.15) is 0 Å². The van der Waals surface area contributed by atoms with Crippen LogP contribution < -0.4 is 9.47 Å². The molecule has 0 spiro atoms. The molecule has 0 bridgehead atoms. The van der Waals surface area contributed by atoms with Gasteiger partial charge in [-0.25, -0.2) is 4.79 Å². The number of hydrogen-bond acceptors (Lipinski definition) is 19. The summed E-state index contributed by atoms with van der Waals surface area (Å²) in [4.78, 5) is 13.2. The molecule has 0 radical (unpaired) electrons. The summed E-state index contributed by atoms with van der Waals surface area (Å²) in [6.45, 7) is 0.0972. The maximum Gasteiger partial charge on any atom is 0.331 e. The van der Waals surface area contributed by atoms with Gasteiger partial charge in [-0.15, -0.1) is 0 Å². The van der Waals surface area contributed by atoms with Crippen LogP contribution >= 0.6 is 0 Å². The van der Waals surface area contributed by atoms with Gasteiger partial charge < -0.3 is 88.6 Å². The molecule has 14 atom stereocenters. The van der Waals surface area contributed by atoms with Gasteiger partial charge in [0.2, 0.25) is 0 Å². The lowest BCUT2D eigenvalue weighted by Crippen LogP contribution is -2.66. The van der Waals surface area contributed by atoms with Crippen molar-refractivity contribution in [3.63, 3.8) is 0 Å². The Morgan fingerprint density at radius 3 is 2.20 bits per heavy atom. The van der Waals surface area contributed by atoms with E-state index in [-0.39, 0.29) is 36.0 Å². The van der Waals surface area contributed by atoms with Crippen LogP contribution in [0.25, 0.3) is 6.08 Å². The highest BCUT2D eigenvalue weighted by atomic mass is 16.8.